The molecule has 6 heteroatoms. The van der Waals surface area contributed by atoms with Gasteiger partial charge in [-0.05, 0) is 29.1 Å². The predicted molar refractivity (Wildman–Crippen MR) is 78.4 cm³/mol. The van der Waals surface area contributed by atoms with E-state index >= 15 is 0 Å². The molecule has 0 radical (unpaired) electrons. The minimum Gasteiger partial charge on any atom is -0.493 e. The second-order valence-corrected chi connectivity index (χ2v) is 5.00. The van der Waals surface area contributed by atoms with Crippen LogP contribution in [0.2, 0.25) is 0 Å². The van der Waals surface area contributed by atoms with Crippen molar-refractivity contribution in [3.63, 3.8) is 0 Å². The van der Waals surface area contributed by atoms with Crippen LogP contribution in [-0.4, -0.2) is 17.1 Å². The fourth-order valence-corrected chi connectivity index (χ4v) is 2.60. The van der Waals surface area contributed by atoms with Crippen molar-refractivity contribution in [1.29, 1.82) is 0 Å². The summed E-state index contributed by atoms with van der Waals surface area (Å²) in [5.41, 5.74) is 6.60. The number of thiophene rings is 1. The summed E-state index contributed by atoms with van der Waals surface area (Å²) < 4.78 is 11.2. The molecule has 5 nitrogen and oxygen atoms in total. The van der Waals surface area contributed by atoms with Gasteiger partial charge in [0.25, 0.3) is 0 Å². The lowest BCUT2D eigenvalue weighted by Crippen LogP contribution is -1.98. The summed E-state index contributed by atoms with van der Waals surface area (Å²) in [7, 11) is 1.60. The van der Waals surface area contributed by atoms with E-state index in [1.807, 2.05) is 29.6 Å². The van der Waals surface area contributed by atoms with Crippen molar-refractivity contribution in [2.24, 2.45) is 5.73 Å². The highest BCUT2D eigenvalue weighted by Crippen LogP contribution is 2.34. The number of hydrogen-bond donors (Lipinski definition) is 1. The molecule has 0 saturated heterocycles. The van der Waals surface area contributed by atoms with E-state index in [0.29, 0.717) is 23.9 Å². The van der Waals surface area contributed by atoms with Crippen LogP contribution in [-0.2, 0) is 6.54 Å². The highest BCUT2D eigenvalue weighted by Gasteiger charge is 2.11. The zero-order valence-electron chi connectivity index (χ0n) is 10.9. The van der Waals surface area contributed by atoms with Crippen LogP contribution in [0.4, 0.5) is 0 Å². The standard InChI is InChI=1S/C14H13N3O2S/c1-18-12-6-9(7-15)2-3-11(12)19-13-10-4-5-20-14(10)17-8-16-13/h2-6,8H,7,15H2,1H3. The lowest BCUT2D eigenvalue weighted by Gasteiger charge is -2.11. The SMILES string of the molecule is COc1cc(CN)ccc1Oc1ncnc2sccc12. The third kappa shape index (κ3) is 2.31. The molecular weight excluding hydrogens is 274 g/mol. The summed E-state index contributed by atoms with van der Waals surface area (Å²) >= 11 is 1.55. The van der Waals surface area contributed by atoms with Gasteiger partial charge >= 0.3 is 0 Å². The lowest BCUT2D eigenvalue weighted by atomic mass is 10.2. The van der Waals surface area contributed by atoms with Crippen LogP contribution in [0.25, 0.3) is 10.2 Å². The molecule has 20 heavy (non-hydrogen) atoms. The first-order valence-electron chi connectivity index (χ1n) is 6.05. The number of ether oxygens (including phenoxy) is 2. The van der Waals surface area contributed by atoms with Crippen LogP contribution in [0.3, 0.4) is 0 Å². The normalized spacial score (nSPS) is 10.7. The second-order valence-electron chi connectivity index (χ2n) is 4.11. The Kier molecular flexibility index (Phi) is 3.49. The quantitative estimate of drug-likeness (QED) is 0.799. The third-order valence-corrected chi connectivity index (χ3v) is 3.72. The van der Waals surface area contributed by atoms with Gasteiger partial charge < -0.3 is 15.2 Å². The van der Waals surface area contributed by atoms with E-state index in [9.17, 15) is 0 Å². The number of aromatic nitrogens is 2. The summed E-state index contributed by atoms with van der Waals surface area (Å²) in [6, 6.07) is 7.54. The molecule has 0 fully saturated rings. The zero-order chi connectivity index (χ0) is 13.9. The molecule has 0 amide bonds. The van der Waals surface area contributed by atoms with Crippen molar-refractivity contribution < 1.29 is 9.47 Å². The minimum atomic E-state index is 0.457. The summed E-state index contributed by atoms with van der Waals surface area (Å²) in [5.74, 6) is 1.76. The Labute approximate surface area is 120 Å². The third-order valence-electron chi connectivity index (χ3n) is 2.90. The monoisotopic (exact) mass is 287 g/mol. The van der Waals surface area contributed by atoms with Gasteiger partial charge in [-0.15, -0.1) is 11.3 Å². The Morgan fingerprint density at radius 3 is 2.90 bits per heavy atom. The maximum Gasteiger partial charge on any atom is 0.231 e. The highest BCUT2D eigenvalue weighted by atomic mass is 32.1. The average Bonchev–Trinajstić information content (AvgIpc) is 2.97. The van der Waals surface area contributed by atoms with Crippen LogP contribution in [0.1, 0.15) is 5.56 Å². The van der Waals surface area contributed by atoms with E-state index in [0.717, 1.165) is 15.8 Å². The molecule has 0 saturated carbocycles. The number of hydrogen-bond acceptors (Lipinski definition) is 6. The average molecular weight is 287 g/mol. The second kappa shape index (κ2) is 5.44. The number of rotatable bonds is 4. The maximum absolute atomic E-state index is 5.86. The van der Waals surface area contributed by atoms with Gasteiger partial charge in [-0.1, -0.05) is 6.07 Å². The van der Waals surface area contributed by atoms with Gasteiger partial charge in [-0.2, -0.15) is 0 Å². The maximum atomic E-state index is 5.86. The molecule has 0 atom stereocenters. The molecule has 3 aromatic rings. The topological polar surface area (TPSA) is 70.3 Å². The summed E-state index contributed by atoms with van der Waals surface area (Å²) in [5, 5.41) is 2.85. The van der Waals surface area contributed by atoms with E-state index < -0.39 is 0 Å². The minimum absolute atomic E-state index is 0.457. The number of benzene rings is 1. The molecule has 0 spiro atoms. The van der Waals surface area contributed by atoms with Crippen molar-refractivity contribution in [3.8, 4) is 17.4 Å². The molecule has 102 valence electrons. The van der Waals surface area contributed by atoms with Gasteiger partial charge in [-0.25, -0.2) is 9.97 Å². The summed E-state index contributed by atoms with van der Waals surface area (Å²) in [6.45, 7) is 0.457. The van der Waals surface area contributed by atoms with Crippen LogP contribution in [0.15, 0.2) is 36.0 Å². The van der Waals surface area contributed by atoms with Crippen molar-refractivity contribution in [2.45, 2.75) is 6.54 Å². The van der Waals surface area contributed by atoms with Crippen molar-refractivity contribution in [1.82, 2.24) is 9.97 Å². The molecular formula is C14H13N3O2S. The van der Waals surface area contributed by atoms with Crippen LogP contribution >= 0.6 is 11.3 Å². The smallest absolute Gasteiger partial charge is 0.231 e. The van der Waals surface area contributed by atoms with E-state index in [2.05, 4.69) is 9.97 Å². The number of nitrogens with two attached hydrogens (primary N) is 1. The molecule has 0 aliphatic carbocycles. The largest absolute Gasteiger partial charge is 0.493 e. The van der Waals surface area contributed by atoms with Gasteiger partial charge in [0.15, 0.2) is 11.5 Å². The Morgan fingerprint density at radius 2 is 2.10 bits per heavy atom. The number of methoxy groups -OCH3 is 1. The summed E-state index contributed by atoms with van der Waals surface area (Å²) in [4.78, 5) is 9.27. The van der Waals surface area contributed by atoms with Crippen LogP contribution in [0, 0.1) is 0 Å². The number of nitrogens with zero attached hydrogens (tertiary/aromatic N) is 2. The van der Waals surface area contributed by atoms with Gasteiger partial charge in [0.1, 0.15) is 11.2 Å². The molecule has 1 aromatic carbocycles. The van der Waals surface area contributed by atoms with Crippen LogP contribution < -0.4 is 15.2 Å². The van der Waals surface area contributed by atoms with Crippen LogP contribution in [0.5, 0.6) is 17.4 Å². The van der Waals surface area contributed by atoms with Gasteiger partial charge in [0, 0.05) is 6.54 Å². The van der Waals surface area contributed by atoms with Crippen molar-refractivity contribution in [3.05, 3.63) is 41.5 Å². The van der Waals surface area contributed by atoms with Gasteiger partial charge in [0.2, 0.25) is 5.88 Å². The molecule has 2 N–H and O–H groups in total. The molecule has 0 aliphatic rings. The fourth-order valence-electron chi connectivity index (χ4n) is 1.88. The Bertz CT molecular complexity index is 742. The van der Waals surface area contributed by atoms with E-state index in [4.69, 9.17) is 15.2 Å². The predicted octanol–water partition coefficient (Wildman–Crippen LogP) is 2.95. The van der Waals surface area contributed by atoms with Crippen molar-refractivity contribution >= 4 is 21.6 Å². The molecule has 2 heterocycles. The molecule has 3 rings (SSSR count). The van der Waals surface area contributed by atoms with Gasteiger partial charge in [-0.3, -0.25) is 0 Å². The lowest BCUT2D eigenvalue weighted by molar-refractivity contribution is 0.375. The summed E-state index contributed by atoms with van der Waals surface area (Å²) in [6.07, 6.45) is 1.49. The Balaban J connectivity index is 2.00. The Morgan fingerprint density at radius 1 is 1.20 bits per heavy atom. The van der Waals surface area contributed by atoms with E-state index in [1.165, 1.54) is 6.33 Å². The first-order valence-corrected chi connectivity index (χ1v) is 6.93. The fraction of sp³-hybridized carbons (Fsp3) is 0.143. The Hall–Kier alpha value is -2.18. The molecule has 0 aliphatic heterocycles. The van der Waals surface area contributed by atoms with E-state index in [-0.39, 0.29) is 0 Å². The molecule has 0 bridgehead atoms. The highest BCUT2D eigenvalue weighted by molar-refractivity contribution is 7.16. The van der Waals surface area contributed by atoms with Crippen molar-refractivity contribution in [2.75, 3.05) is 7.11 Å². The first-order chi connectivity index (χ1) is 9.81. The number of fused-ring (bicyclic) bond motifs is 1. The first kappa shape index (κ1) is 12.8. The molecule has 0 unspecified atom stereocenters. The molecule has 2 aromatic heterocycles. The zero-order valence-corrected chi connectivity index (χ0v) is 11.7. The van der Waals surface area contributed by atoms with Gasteiger partial charge in [0.05, 0.1) is 12.5 Å². The van der Waals surface area contributed by atoms with E-state index in [1.54, 1.807) is 18.4 Å².